The Morgan fingerprint density at radius 1 is 0.400 bits per heavy atom. The molecule has 1 heterocycles. The van der Waals surface area contributed by atoms with Crippen LogP contribution < -0.4 is 33.4 Å². The van der Waals surface area contributed by atoms with E-state index in [1.807, 2.05) is 125 Å². The molecule has 0 atom stereocenters. The molecular weight excluding hydrogens is 658 g/mol. The summed E-state index contributed by atoms with van der Waals surface area (Å²) >= 11 is 0. The highest BCUT2D eigenvalue weighted by atomic mass is 31.2. The van der Waals surface area contributed by atoms with Gasteiger partial charge < -0.3 is 22.8 Å². The van der Waals surface area contributed by atoms with E-state index in [-0.39, 0.29) is 0 Å². The zero-order valence-electron chi connectivity index (χ0n) is 29.1. The minimum absolute atomic E-state index is 0.423. The molecule has 0 saturated carbocycles. The van der Waals surface area contributed by atoms with Crippen LogP contribution in [0.5, 0.6) is 34.5 Å². The van der Waals surface area contributed by atoms with Gasteiger partial charge in [0.05, 0.1) is 10.6 Å². The Morgan fingerprint density at radius 3 is 1.00 bits per heavy atom. The Bertz CT molecular complexity index is 1910. The van der Waals surface area contributed by atoms with E-state index in [1.54, 1.807) is 0 Å². The third-order valence-electron chi connectivity index (χ3n) is 9.03. The zero-order valence-corrected chi connectivity index (χ0v) is 30.9. The highest BCUT2D eigenvalue weighted by Crippen LogP contribution is 2.54. The maximum atomic E-state index is 7.12. The standard InChI is InChI=1S/C43H40O5P2/c1-29-17-7-11-23-35(29)45-49(46-36-24-12-8-18-30(36)2)39-27-15-21-33-41(39)44-42-34(43(33,5)6)22-16-28-40(42)50(47-37-25-13-9-19-31(37)3)48-38-26-14-10-20-32(38)4/h7-28H,1-6H3. The molecule has 5 nitrogen and oxygen atoms in total. The normalized spacial score (nSPS) is 12.9. The second-order valence-electron chi connectivity index (χ2n) is 13.0. The predicted octanol–water partition coefficient (Wildman–Crippen LogP) is 11.5. The van der Waals surface area contributed by atoms with Gasteiger partial charge in [-0.1, -0.05) is 111 Å². The molecule has 6 aromatic rings. The monoisotopic (exact) mass is 698 g/mol. The first-order valence-corrected chi connectivity index (χ1v) is 19.1. The van der Waals surface area contributed by atoms with Gasteiger partial charge >= 0.3 is 16.8 Å². The summed E-state index contributed by atoms with van der Waals surface area (Å²) in [7, 11) is -3.36. The molecule has 0 fully saturated rings. The molecule has 1 aliphatic heterocycles. The first kappa shape index (κ1) is 33.7. The molecule has 0 saturated heterocycles. The van der Waals surface area contributed by atoms with E-state index in [9.17, 15) is 0 Å². The number of para-hydroxylation sites is 6. The fourth-order valence-corrected chi connectivity index (χ4v) is 9.09. The Morgan fingerprint density at radius 2 is 0.700 bits per heavy atom. The zero-order chi connectivity index (χ0) is 34.8. The van der Waals surface area contributed by atoms with Crippen LogP contribution in [0, 0.1) is 27.7 Å². The molecule has 0 radical (unpaired) electrons. The fourth-order valence-electron chi connectivity index (χ4n) is 6.01. The molecular formula is C43H40O5P2. The molecule has 0 unspecified atom stereocenters. The number of fused-ring (bicyclic) bond motifs is 2. The SMILES string of the molecule is Cc1ccccc1OP(Oc1ccccc1C)c1cccc2c1Oc1c(P(Oc3ccccc3C)Oc3ccccc3C)cccc1C2(C)C. The van der Waals surface area contributed by atoms with E-state index in [2.05, 4.69) is 50.2 Å². The molecule has 1 aliphatic rings. The van der Waals surface area contributed by atoms with Crippen molar-refractivity contribution in [3.8, 4) is 34.5 Å². The van der Waals surface area contributed by atoms with Crippen LogP contribution >= 0.6 is 16.8 Å². The Labute approximate surface area is 297 Å². The van der Waals surface area contributed by atoms with Crippen molar-refractivity contribution in [2.45, 2.75) is 47.0 Å². The lowest BCUT2D eigenvalue weighted by Crippen LogP contribution is -2.31. The Kier molecular flexibility index (Phi) is 9.56. The maximum absolute atomic E-state index is 7.12. The van der Waals surface area contributed by atoms with Gasteiger partial charge in [-0.15, -0.1) is 0 Å². The summed E-state index contributed by atoms with van der Waals surface area (Å²) in [5.41, 5.74) is 5.79. The van der Waals surface area contributed by atoms with Crippen molar-refractivity contribution in [2.75, 3.05) is 0 Å². The molecule has 50 heavy (non-hydrogen) atoms. The van der Waals surface area contributed by atoms with Gasteiger partial charge in [-0.25, -0.2) is 0 Å². The second-order valence-corrected chi connectivity index (χ2v) is 15.7. The van der Waals surface area contributed by atoms with Crippen molar-refractivity contribution < 1.29 is 22.8 Å². The first-order valence-electron chi connectivity index (χ1n) is 16.7. The molecule has 0 aromatic heterocycles. The lowest BCUT2D eigenvalue weighted by atomic mass is 9.76. The van der Waals surface area contributed by atoms with Crippen molar-refractivity contribution in [3.05, 3.63) is 167 Å². The van der Waals surface area contributed by atoms with Crippen molar-refractivity contribution in [2.24, 2.45) is 0 Å². The summed E-state index contributed by atoms with van der Waals surface area (Å²) in [6.07, 6.45) is 0. The highest BCUT2D eigenvalue weighted by molar-refractivity contribution is 7.57. The third kappa shape index (κ3) is 6.69. The molecule has 0 amide bonds. The van der Waals surface area contributed by atoms with Crippen molar-refractivity contribution >= 4 is 27.4 Å². The average Bonchev–Trinajstić information content (AvgIpc) is 3.11. The third-order valence-corrected chi connectivity index (χ3v) is 12.0. The summed E-state index contributed by atoms with van der Waals surface area (Å²) < 4.78 is 34.3. The smallest absolute Gasteiger partial charge is 0.330 e. The van der Waals surface area contributed by atoms with Gasteiger partial charge in [-0.2, -0.15) is 0 Å². The fraction of sp³-hybridized carbons (Fsp3) is 0.163. The summed E-state index contributed by atoms with van der Waals surface area (Å²) in [6.45, 7) is 12.7. The second kappa shape index (κ2) is 14.2. The van der Waals surface area contributed by atoms with Crippen molar-refractivity contribution in [1.82, 2.24) is 0 Å². The van der Waals surface area contributed by atoms with E-state index in [0.717, 1.165) is 78.5 Å². The minimum Gasteiger partial charge on any atom is -0.455 e. The van der Waals surface area contributed by atoms with Crippen molar-refractivity contribution in [3.63, 3.8) is 0 Å². The lowest BCUT2D eigenvalue weighted by molar-refractivity contribution is 0.420. The summed E-state index contributed by atoms with van der Waals surface area (Å²) in [6, 6.07) is 44.6. The Balaban J connectivity index is 1.36. The van der Waals surface area contributed by atoms with E-state index >= 15 is 0 Å². The number of benzene rings is 6. The number of ether oxygens (including phenoxy) is 1. The minimum atomic E-state index is -1.68. The molecule has 0 aliphatic carbocycles. The quantitative estimate of drug-likeness (QED) is 0.133. The van der Waals surface area contributed by atoms with Crippen LogP contribution in [0.3, 0.4) is 0 Å². The Hall–Kier alpha value is -4.82. The van der Waals surface area contributed by atoms with Crippen LogP contribution in [0.4, 0.5) is 0 Å². The summed E-state index contributed by atoms with van der Waals surface area (Å²) in [5.74, 6) is 4.52. The van der Waals surface area contributed by atoms with Gasteiger partial charge in [-0.3, -0.25) is 0 Å². The first-order chi connectivity index (χ1) is 24.2. The lowest BCUT2D eigenvalue weighted by Gasteiger charge is -2.37. The van der Waals surface area contributed by atoms with E-state index < -0.39 is 22.2 Å². The molecule has 0 bridgehead atoms. The number of rotatable bonds is 10. The maximum Gasteiger partial charge on any atom is 0.330 e. The molecule has 0 spiro atoms. The van der Waals surface area contributed by atoms with Gasteiger partial charge in [0.25, 0.3) is 0 Å². The van der Waals surface area contributed by atoms with Crippen LogP contribution in [0.15, 0.2) is 133 Å². The van der Waals surface area contributed by atoms with Crippen LogP contribution in [-0.4, -0.2) is 0 Å². The van der Waals surface area contributed by atoms with Crippen molar-refractivity contribution in [1.29, 1.82) is 0 Å². The van der Waals surface area contributed by atoms with Crippen LogP contribution in [0.25, 0.3) is 0 Å². The molecule has 6 aromatic carbocycles. The summed E-state index contributed by atoms with van der Waals surface area (Å²) in [4.78, 5) is 0. The number of hydrogen-bond donors (Lipinski definition) is 0. The van der Waals surface area contributed by atoms with Gasteiger partial charge in [0.2, 0.25) is 0 Å². The van der Waals surface area contributed by atoms with Gasteiger partial charge in [0.1, 0.15) is 34.5 Å². The van der Waals surface area contributed by atoms with Crippen LogP contribution in [0.1, 0.15) is 47.2 Å². The predicted molar refractivity (Wildman–Crippen MR) is 205 cm³/mol. The largest absolute Gasteiger partial charge is 0.455 e. The van der Waals surface area contributed by atoms with E-state index in [0.29, 0.717) is 0 Å². The van der Waals surface area contributed by atoms with Gasteiger partial charge in [-0.05, 0) is 86.3 Å². The topological polar surface area (TPSA) is 46.2 Å². The van der Waals surface area contributed by atoms with E-state index in [1.165, 1.54) is 0 Å². The molecule has 0 N–H and O–H groups in total. The van der Waals surface area contributed by atoms with Gasteiger partial charge in [0, 0.05) is 16.5 Å². The number of aryl methyl sites for hydroxylation is 4. The number of hydrogen-bond acceptors (Lipinski definition) is 5. The molecule has 252 valence electrons. The van der Waals surface area contributed by atoms with Gasteiger partial charge in [0.15, 0.2) is 0 Å². The van der Waals surface area contributed by atoms with Crippen LogP contribution in [0.2, 0.25) is 0 Å². The summed E-state index contributed by atoms with van der Waals surface area (Å²) in [5, 5.41) is 1.70. The molecule has 7 rings (SSSR count). The average molecular weight is 699 g/mol. The van der Waals surface area contributed by atoms with E-state index in [4.69, 9.17) is 22.8 Å². The molecule has 7 heteroatoms. The van der Waals surface area contributed by atoms with Crippen LogP contribution in [-0.2, 0) is 5.41 Å². The highest BCUT2D eigenvalue weighted by Gasteiger charge is 2.41.